The van der Waals surface area contributed by atoms with Crippen LogP contribution in [0.5, 0.6) is 0 Å². The van der Waals surface area contributed by atoms with Crippen molar-refractivity contribution in [3.63, 3.8) is 0 Å². The van der Waals surface area contributed by atoms with E-state index < -0.39 is 6.43 Å². The van der Waals surface area contributed by atoms with E-state index in [0.717, 1.165) is 0 Å². The summed E-state index contributed by atoms with van der Waals surface area (Å²) in [4.78, 5) is 0. The van der Waals surface area contributed by atoms with Crippen LogP contribution in [0, 0.1) is 0 Å². The Morgan fingerprint density at radius 1 is 1.70 bits per heavy atom. The molecule has 1 N–H and O–H groups in total. The molecule has 5 heteroatoms. The second kappa shape index (κ2) is 3.09. The summed E-state index contributed by atoms with van der Waals surface area (Å²) in [6.45, 7) is 0. The zero-order valence-corrected chi connectivity index (χ0v) is 6.53. The average molecular weight is 211 g/mol. The van der Waals surface area contributed by atoms with E-state index in [0.29, 0.717) is 10.9 Å². The zero-order chi connectivity index (χ0) is 7.56. The highest BCUT2D eigenvalue weighted by molar-refractivity contribution is 9.08. The summed E-state index contributed by atoms with van der Waals surface area (Å²) < 4.78 is 23.9. The summed E-state index contributed by atoms with van der Waals surface area (Å²) in [5, 5.41) is 6.11. The summed E-state index contributed by atoms with van der Waals surface area (Å²) >= 11 is 3.06. The maximum Gasteiger partial charge on any atom is 0.280 e. The summed E-state index contributed by atoms with van der Waals surface area (Å²) in [5.41, 5.74) is 0.409. The summed E-state index contributed by atoms with van der Waals surface area (Å²) in [5.74, 6) is 0. The molecule has 0 spiro atoms. The minimum Gasteiger partial charge on any atom is -0.276 e. The lowest BCUT2D eigenvalue weighted by molar-refractivity contribution is 0.145. The fraction of sp³-hybridized carbons (Fsp3) is 0.400. The Morgan fingerprint density at radius 3 is 2.80 bits per heavy atom. The van der Waals surface area contributed by atoms with Crippen LogP contribution in [0.1, 0.15) is 17.7 Å². The van der Waals surface area contributed by atoms with Crippen molar-refractivity contribution in [1.29, 1.82) is 0 Å². The molecule has 1 rings (SSSR count). The van der Waals surface area contributed by atoms with E-state index in [-0.39, 0.29) is 5.69 Å². The Hall–Kier alpha value is -0.450. The van der Waals surface area contributed by atoms with Gasteiger partial charge in [0.1, 0.15) is 5.69 Å². The molecule has 0 radical (unpaired) electrons. The molecule has 2 nitrogen and oxygen atoms in total. The number of hydrogen-bond donors (Lipinski definition) is 1. The van der Waals surface area contributed by atoms with Crippen LogP contribution in [0.3, 0.4) is 0 Å². The fourth-order valence-electron chi connectivity index (χ4n) is 0.617. The highest BCUT2D eigenvalue weighted by Crippen LogP contribution is 2.21. The topological polar surface area (TPSA) is 28.7 Å². The average Bonchev–Trinajstić information content (AvgIpc) is 2.33. The van der Waals surface area contributed by atoms with Crippen molar-refractivity contribution in [2.75, 3.05) is 0 Å². The maximum absolute atomic E-state index is 12.0. The largest absolute Gasteiger partial charge is 0.280 e. The minimum atomic E-state index is -2.46. The number of H-pyrrole nitrogens is 1. The van der Waals surface area contributed by atoms with E-state index >= 15 is 0 Å². The highest BCUT2D eigenvalue weighted by Gasteiger charge is 2.13. The lowest BCUT2D eigenvalue weighted by Crippen LogP contribution is -1.88. The normalized spacial score (nSPS) is 10.8. The molecule has 0 aliphatic carbocycles. The molecule has 0 amide bonds. The molecular weight excluding hydrogens is 206 g/mol. The van der Waals surface area contributed by atoms with E-state index in [1.807, 2.05) is 0 Å². The van der Waals surface area contributed by atoms with Gasteiger partial charge in [-0.3, -0.25) is 5.10 Å². The molecule has 0 saturated carbocycles. The van der Waals surface area contributed by atoms with Crippen LogP contribution in [0.15, 0.2) is 6.20 Å². The molecule has 0 aromatic carbocycles. The van der Waals surface area contributed by atoms with Crippen molar-refractivity contribution in [2.24, 2.45) is 0 Å². The number of nitrogens with one attached hydrogen (secondary N) is 1. The number of halogens is 3. The van der Waals surface area contributed by atoms with E-state index in [9.17, 15) is 8.78 Å². The van der Waals surface area contributed by atoms with E-state index in [1.165, 1.54) is 6.20 Å². The first-order chi connectivity index (χ1) is 4.75. The lowest BCUT2D eigenvalue weighted by atomic mass is 10.3. The SMILES string of the molecule is FC(F)c1[nH]ncc1CBr. The second-order valence-electron chi connectivity index (χ2n) is 1.74. The smallest absolute Gasteiger partial charge is 0.276 e. The van der Waals surface area contributed by atoms with Crippen molar-refractivity contribution in [2.45, 2.75) is 11.8 Å². The molecule has 1 heterocycles. The van der Waals surface area contributed by atoms with Gasteiger partial charge < -0.3 is 0 Å². The molecule has 0 fully saturated rings. The number of alkyl halides is 3. The molecule has 1 aromatic heterocycles. The standard InChI is InChI=1S/C5H5BrF2N2/c6-1-3-2-9-10-4(3)5(7)8/h2,5H,1H2,(H,9,10). The first-order valence-corrected chi connectivity index (χ1v) is 3.74. The molecule has 0 saturated heterocycles. The van der Waals surface area contributed by atoms with E-state index in [2.05, 4.69) is 26.1 Å². The summed E-state index contributed by atoms with van der Waals surface area (Å²) in [6.07, 6.45) is -1.08. The lowest BCUT2D eigenvalue weighted by Gasteiger charge is -1.95. The number of nitrogens with zero attached hydrogens (tertiary/aromatic N) is 1. The van der Waals surface area contributed by atoms with Crippen molar-refractivity contribution in [3.05, 3.63) is 17.5 Å². The monoisotopic (exact) mass is 210 g/mol. The van der Waals surface area contributed by atoms with Crippen molar-refractivity contribution < 1.29 is 8.78 Å². The van der Waals surface area contributed by atoms with Crippen LogP contribution in [-0.2, 0) is 5.33 Å². The van der Waals surface area contributed by atoms with Gasteiger partial charge in [0.2, 0.25) is 0 Å². The summed E-state index contributed by atoms with van der Waals surface area (Å²) in [7, 11) is 0. The molecule has 0 atom stereocenters. The van der Waals surface area contributed by atoms with Gasteiger partial charge in [0, 0.05) is 10.9 Å². The first-order valence-electron chi connectivity index (χ1n) is 2.62. The quantitative estimate of drug-likeness (QED) is 0.746. The van der Waals surface area contributed by atoms with Gasteiger partial charge in [0.25, 0.3) is 6.43 Å². The number of aromatic amines is 1. The second-order valence-corrected chi connectivity index (χ2v) is 2.30. The van der Waals surface area contributed by atoms with Crippen molar-refractivity contribution >= 4 is 15.9 Å². The maximum atomic E-state index is 12.0. The van der Waals surface area contributed by atoms with Gasteiger partial charge in [-0.05, 0) is 0 Å². The van der Waals surface area contributed by atoms with Crippen LogP contribution in [0.4, 0.5) is 8.78 Å². The molecule has 0 aliphatic rings. The van der Waals surface area contributed by atoms with Gasteiger partial charge in [-0.25, -0.2) is 8.78 Å². The minimum absolute atomic E-state index is 0.100. The van der Waals surface area contributed by atoms with Crippen LogP contribution in [0.25, 0.3) is 0 Å². The molecule has 0 unspecified atom stereocenters. The zero-order valence-electron chi connectivity index (χ0n) is 4.94. The van der Waals surface area contributed by atoms with Crippen molar-refractivity contribution in [3.8, 4) is 0 Å². The summed E-state index contributed by atoms with van der Waals surface area (Å²) in [6, 6.07) is 0. The number of hydrogen-bond acceptors (Lipinski definition) is 1. The van der Waals surface area contributed by atoms with Gasteiger partial charge in [-0.1, -0.05) is 15.9 Å². The third kappa shape index (κ3) is 1.34. The Morgan fingerprint density at radius 2 is 2.40 bits per heavy atom. The van der Waals surface area contributed by atoms with Gasteiger partial charge in [0.05, 0.1) is 6.20 Å². The van der Waals surface area contributed by atoms with Gasteiger partial charge in [0.15, 0.2) is 0 Å². The Labute approximate surface area is 64.8 Å². The molecule has 56 valence electrons. The third-order valence-corrected chi connectivity index (χ3v) is 1.72. The molecule has 1 aromatic rings. The van der Waals surface area contributed by atoms with Crippen LogP contribution in [-0.4, -0.2) is 10.2 Å². The predicted molar refractivity (Wildman–Crippen MR) is 36.2 cm³/mol. The third-order valence-electron chi connectivity index (χ3n) is 1.11. The molecule has 10 heavy (non-hydrogen) atoms. The van der Waals surface area contributed by atoms with E-state index in [1.54, 1.807) is 0 Å². The highest BCUT2D eigenvalue weighted by atomic mass is 79.9. The van der Waals surface area contributed by atoms with Gasteiger partial charge >= 0.3 is 0 Å². The molecule has 0 aliphatic heterocycles. The van der Waals surface area contributed by atoms with E-state index in [4.69, 9.17) is 0 Å². The van der Waals surface area contributed by atoms with Crippen molar-refractivity contribution in [1.82, 2.24) is 10.2 Å². The van der Waals surface area contributed by atoms with Gasteiger partial charge in [-0.15, -0.1) is 0 Å². The molecule has 0 bridgehead atoms. The van der Waals surface area contributed by atoms with Gasteiger partial charge in [-0.2, -0.15) is 5.10 Å². The first kappa shape index (κ1) is 7.65. The number of rotatable bonds is 2. The Balaban J connectivity index is 2.90. The number of aromatic nitrogens is 2. The van der Waals surface area contributed by atoms with Crippen LogP contribution >= 0.6 is 15.9 Å². The molecular formula is C5H5BrF2N2. The Kier molecular flexibility index (Phi) is 2.37. The predicted octanol–water partition coefficient (Wildman–Crippen LogP) is 2.24. The Bertz CT molecular complexity index is 211. The van der Waals surface area contributed by atoms with Crippen LogP contribution in [0.2, 0.25) is 0 Å². The van der Waals surface area contributed by atoms with Crippen LogP contribution < -0.4 is 0 Å². The fourth-order valence-corrected chi connectivity index (χ4v) is 1.06.